The number of carbonyl (C=O) groups excluding carboxylic acids is 1. The number of hydrogen-bond acceptors (Lipinski definition) is 3. The van der Waals surface area contributed by atoms with Crippen LogP contribution in [0.25, 0.3) is 16.9 Å². The van der Waals surface area contributed by atoms with Gasteiger partial charge in [-0.1, -0.05) is 114 Å². The summed E-state index contributed by atoms with van der Waals surface area (Å²) in [5.74, 6) is -1.99. The van der Waals surface area contributed by atoms with Crippen LogP contribution in [0.5, 0.6) is 0 Å². The third kappa shape index (κ3) is 11.4. The Morgan fingerprint density at radius 2 is 1.49 bits per heavy atom. The molecule has 1 aromatic heterocycles. The summed E-state index contributed by atoms with van der Waals surface area (Å²) in [7, 11) is 1.82. The van der Waals surface area contributed by atoms with Crippen molar-refractivity contribution < 1.29 is 14.7 Å². The van der Waals surface area contributed by atoms with Gasteiger partial charge in [-0.2, -0.15) is 0 Å². The minimum absolute atomic E-state index is 0.153. The number of hydrogen-bond donors (Lipinski definition) is 2. The maximum absolute atomic E-state index is 13.1. The normalized spacial score (nSPS) is 12.0. The lowest BCUT2D eigenvalue weighted by Gasteiger charge is -2.15. The predicted molar refractivity (Wildman–Crippen MR) is 176 cm³/mol. The second-order valence-corrected chi connectivity index (χ2v) is 11.4. The van der Waals surface area contributed by atoms with Gasteiger partial charge in [0.25, 0.3) is 5.56 Å². The first kappa shape index (κ1) is 33.6. The minimum atomic E-state index is -0.995. The van der Waals surface area contributed by atoms with Gasteiger partial charge in [0.2, 0.25) is 5.91 Å². The number of rotatable bonds is 20. The zero-order chi connectivity index (χ0) is 30.9. The van der Waals surface area contributed by atoms with Crippen LogP contribution in [-0.2, 0) is 16.6 Å². The lowest BCUT2D eigenvalue weighted by Crippen LogP contribution is -2.24. The lowest BCUT2D eigenvalue weighted by molar-refractivity contribution is -0.140. The summed E-state index contributed by atoms with van der Waals surface area (Å²) in [6.07, 6.45) is 19.4. The number of allylic oxidation sites excluding steroid dienone is 2. The Kier molecular flexibility index (Phi) is 14.6. The molecule has 0 saturated carbocycles. The summed E-state index contributed by atoms with van der Waals surface area (Å²) in [5.41, 5.74) is 2.65. The molecule has 3 rings (SSSR count). The van der Waals surface area contributed by atoms with Crippen LogP contribution in [0.15, 0.2) is 77.6 Å². The number of carbonyl (C=O) groups is 2. The van der Waals surface area contributed by atoms with Crippen molar-refractivity contribution in [2.45, 2.75) is 96.8 Å². The molecular formula is C36H49N3O4. The molecule has 0 radical (unpaired) electrons. The molecule has 43 heavy (non-hydrogen) atoms. The first-order chi connectivity index (χ1) is 20.9. The first-order valence-electron chi connectivity index (χ1n) is 16.0. The third-order valence-electron chi connectivity index (χ3n) is 7.90. The Bertz CT molecular complexity index is 1360. The first-order valence-corrected chi connectivity index (χ1v) is 16.0. The molecular weight excluding hydrogens is 538 g/mol. The Labute approximate surface area is 256 Å². The average molecular weight is 588 g/mol. The van der Waals surface area contributed by atoms with Gasteiger partial charge in [-0.05, 0) is 43.5 Å². The van der Waals surface area contributed by atoms with E-state index in [4.69, 9.17) is 0 Å². The van der Waals surface area contributed by atoms with Crippen LogP contribution in [0.1, 0.15) is 96.8 Å². The number of benzene rings is 2. The van der Waals surface area contributed by atoms with Crippen molar-refractivity contribution in [2.24, 2.45) is 13.0 Å². The van der Waals surface area contributed by atoms with E-state index in [-0.39, 0.29) is 17.9 Å². The number of carboxylic acid groups (broad SMARTS) is 1. The van der Waals surface area contributed by atoms with Gasteiger partial charge >= 0.3 is 5.97 Å². The van der Waals surface area contributed by atoms with Gasteiger partial charge in [-0.3, -0.25) is 19.1 Å². The zero-order valence-electron chi connectivity index (χ0n) is 26.0. The van der Waals surface area contributed by atoms with E-state index in [1.807, 2.05) is 61.7 Å². The summed E-state index contributed by atoms with van der Waals surface area (Å²) in [4.78, 5) is 37.4. The van der Waals surface area contributed by atoms with E-state index >= 15 is 0 Å². The number of aromatic nitrogens is 2. The number of anilines is 1. The Morgan fingerprint density at radius 3 is 2.14 bits per heavy atom. The van der Waals surface area contributed by atoms with Crippen molar-refractivity contribution in [3.05, 3.63) is 83.2 Å². The van der Waals surface area contributed by atoms with Crippen LogP contribution in [0.2, 0.25) is 0 Å². The highest BCUT2D eigenvalue weighted by Gasteiger charge is 2.21. The summed E-state index contributed by atoms with van der Waals surface area (Å²) in [5, 5.41) is 12.3. The topological polar surface area (TPSA) is 93.3 Å². The SMILES string of the molecule is CCCCCCCCCCCCC/C=C/CC(CC(=O)O)C(=O)Nc1cccc(-c2cc(=O)n(-c3ccccc3)n2C)c1. The molecule has 0 aliphatic rings. The molecule has 7 heteroatoms. The fraction of sp³-hybridized carbons (Fsp3) is 0.472. The standard InChI is InChI=1S/C36H49N3O4/c1-3-4-5-6-7-8-9-10-11-12-13-14-15-17-21-30(27-35(41)42)36(43)37-31-23-20-22-29(26-31)33-28-34(40)39(38(33)2)32-24-18-16-19-25-32/h15-20,22-26,28,30H,3-14,21,27H2,1-2H3,(H,37,43)(H,41,42)/b17-15+. The number of nitrogens with zero attached hydrogens (tertiary/aromatic N) is 2. The molecule has 7 nitrogen and oxygen atoms in total. The van der Waals surface area contributed by atoms with Gasteiger partial charge in [-0.15, -0.1) is 0 Å². The third-order valence-corrected chi connectivity index (χ3v) is 7.90. The van der Waals surface area contributed by atoms with E-state index in [1.165, 1.54) is 64.2 Å². The average Bonchev–Trinajstić information content (AvgIpc) is 3.30. The van der Waals surface area contributed by atoms with E-state index in [1.54, 1.807) is 21.5 Å². The van der Waals surface area contributed by atoms with Crippen LogP contribution >= 0.6 is 0 Å². The molecule has 1 heterocycles. The summed E-state index contributed by atoms with van der Waals surface area (Å²) >= 11 is 0. The van der Waals surface area contributed by atoms with Gasteiger partial charge in [0, 0.05) is 24.4 Å². The molecule has 3 aromatic rings. The molecule has 1 atom stereocenters. The molecule has 2 aromatic carbocycles. The van der Waals surface area contributed by atoms with E-state index in [0.29, 0.717) is 17.8 Å². The van der Waals surface area contributed by atoms with Gasteiger partial charge in [0.1, 0.15) is 0 Å². The van der Waals surface area contributed by atoms with Gasteiger partial charge < -0.3 is 10.4 Å². The number of nitrogens with one attached hydrogen (secondary N) is 1. The van der Waals surface area contributed by atoms with Gasteiger partial charge in [0.05, 0.1) is 23.7 Å². The maximum Gasteiger partial charge on any atom is 0.304 e. The van der Waals surface area contributed by atoms with Crippen molar-refractivity contribution in [3.8, 4) is 16.9 Å². The predicted octanol–water partition coefficient (Wildman–Crippen LogP) is 8.52. The largest absolute Gasteiger partial charge is 0.481 e. The highest BCUT2D eigenvalue weighted by molar-refractivity contribution is 5.95. The quantitative estimate of drug-likeness (QED) is 0.102. The van der Waals surface area contributed by atoms with E-state index in [2.05, 4.69) is 18.3 Å². The van der Waals surface area contributed by atoms with Gasteiger partial charge in [0.15, 0.2) is 0 Å². The summed E-state index contributed by atoms with van der Waals surface area (Å²) in [6.45, 7) is 2.25. The summed E-state index contributed by atoms with van der Waals surface area (Å²) < 4.78 is 3.37. The molecule has 0 spiro atoms. The van der Waals surface area contributed by atoms with Crippen molar-refractivity contribution >= 4 is 17.6 Å². The Hall–Kier alpha value is -3.87. The van der Waals surface area contributed by atoms with E-state index in [9.17, 15) is 19.5 Å². The second-order valence-electron chi connectivity index (χ2n) is 11.4. The smallest absolute Gasteiger partial charge is 0.304 e. The fourth-order valence-electron chi connectivity index (χ4n) is 5.47. The van der Waals surface area contributed by atoms with Crippen molar-refractivity contribution in [1.82, 2.24) is 9.36 Å². The fourth-order valence-corrected chi connectivity index (χ4v) is 5.47. The number of amides is 1. The van der Waals surface area contributed by atoms with Crippen LogP contribution in [0, 0.1) is 5.92 Å². The Morgan fingerprint density at radius 1 is 0.837 bits per heavy atom. The van der Waals surface area contributed by atoms with E-state index < -0.39 is 11.9 Å². The molecule has 0 aliphatic carbocycles. The number of aliphatic carboxylic acids is 1. The number of carboxylic acids is 1. The molecule has 0 bridgehead atoms. The molecule has 0 aliphatic heterocycles. The molecule has 0 saturated heterocycles. The molecule has 1 unspecified atom stereocenters. The van der Waals surface area contributed by atoms with Gasteiger partial charge in [-0.25, -0.2) is 4.68 Å². The van der Waals surface area contributed by atoms with Crippen LogP contribution in [0.3, 0.4) is 0 Å². The number of para-hydroxylation sites is 1. The zero-order valence-corrected chi connectivity index (χ0v) is 26.0. The highest BCUT2D eigenvalue weighted by Crippen LogP contribution is 2.24. The highest BCUT2D eigenvalue weighted by atomic mass is 16.4. The Balaban J connectivity index is 1.48. The van der Waals surface area contributed by atoms with Crippen LogP contribution in [-0.4, -0.2) is 26.3 Å². The monoisotopic (exact) mass is 587 g/mol. The molecule has 1 amide bonds. The lowest BCUT2D eigenvalue weighted by atomic mass is 9.99. The summed E-state index contributed by atoms with van der Waals surface area (Å²) in [6, 6.07) is 18.3. The second kappa shape index (κ2) is 18.6. The maximum atomic E-state index is 13.1. The number of unbranched alkanes of at least 4 members (excludes halogenated alkanes) is 11. The van der Waals surface area contributed by atoms with E-state index in [0.717, 1.165) is 24.1 Å². The van der Waals surface area contributed by atoms with Crippen molar-refractivity contribution in [2.75, 3.05) is 5.32 Å². The van der Waals surface area contributed by atoms with Crippen LogP contribution < -0.4 is 10.9 Å². The van der Waals surface area contributed by atoms with Crippen molar-refractivity contribution in [3.63, 3.8) is 0 Å². The van der Waals surface area contributed by atoms with Crippen LogP contribution in [0.4, 0.5) is 5.69 Å². The molecule has 232 valence electrons. The minimum Gasteiger partial charge on any atom is -0.481 e. The molecule has 2 N–H and O–H groups in total. The molecule has 0 fully saturated rings. The van der Waals surface area contributed by atoms with Crippen molar-refractivity contribution in [1.29, 1.82) is 0 Å².